The molecule has 6 aromatic rings. The fourth-order valence-corrected chi connectivity index (χ4v) is 7.34. The number of hydrogen-bond acceptors (Lipinski definition) is 8. The van der Waals surface area contributed by atoms with Gasteiger partial charge in [0.05, 0.1) is 0 Å². The monoisotopic (exact) mass is 711 g/mol. The Bertz CT molecular complexity index is 2150. The molecular weight excluding hydrogens is 675 g/mol. The van der Waals surface area contributed by atoms with Gasteiger partial charge in [-0.3, -0.25) is 20.3 Å². The normalized spacial score (nSPS) is 12.9. The molecule has 1 aliphatic heterocycles. The van der Waals surface area contributed by atoms with Crippen molar-refractivity contribution in [2.24, 2.45) is 0 Å². The predicted octanol–water partition coefficient (Wildman–Crippen LogP) is 9.89. The number of fused-ring (bicyclic) bond motifs is 1. The third-order valence-electron chi connectivity index (χ3n) is 8.71. The quantitative estimate of drug-likeness (QED) is 0.129. The number of hydrogen-bond donors (Lipinski definition) is 2. The first-order valence-corrected chi connectivity index (χ1v) is 18.0. The van der Waals surface area contributed by atoms with Gasteiger partial charge in [0.1, 0.15) is 23.9 Å². The van der Waals surface area contributed by atoms with Gasteiger partial charge in [-0.1, -0.05) is 42.8 Å². The molecule has 0 radical (unpaired) electrons. The van der Waals surface area contributed by atoms with Gasteiger partial charge in [0, 0.05) is 44.0 Å². The van der Waals surface area contributed by atoms with Crippen molar-refractivity contribution in [3.8, 4) is 27.7 Å². The minimum absolute atomic E-state index is 0.154. The summed E-state index contributed by atoms with van der Waals surface area (Å²) in [6.45, 7) is 3.70. The Kier molecular flexibility index (Phi) is 10.9. The molecule has 0 aliphatic carbocycles. The lowest BCUT2D eigenvalue weighted by Gasteiger charge is -2.26. The SMILES string of the molecule is O=C(Nc1ccccc1)Oc1ccc(-c2sc3cc(OC(=O)Nc4ccccc4)ccc3c2C(=O)c2ccc(OCCN3CCCCC3)cc2)cc1. The molecule has 0 spiro atoms. The molecule has 1 fully saturated rings. The fourth-order valence-electron chi connectivity index (χ4n) is 6.11. The summed E-state index contributed by atoms with van der Waals surface area (Å²) in [6, 6.07) is 37.6. The van der Waals surface area contributed by atoms with E-state index in [-0.39, 0.29) is 5.78 Å². The molecule has 52 heavy (non-hydrogen) atoms. The van der Waals surface area contributed by atoms with Gasteiger partial charge in [0.15, 0.2) is 5.78 Å². The zero-order valence-electron chi connectivity index (χ0n) is 28.4. The molecule has 2 N–H and O–H groups in total. The van der Waals surface area contributed by atoms with Crippen molar-refractivity contribution in [3.63, 3.8) is 0 Å². The lowest BCUT2D eigenvalue weighted by molar-refractivity contribution is 0.104. The summed E-state index contributed by atoms with van der Waals surface area (Å²) in [5, 5.41) is 6.15. The predicted molar refractivity (Wildman–Crippen MR) is 205 cm³/mol. The molecule has 5 aromatic carbocycles. The number of benzene rings is 5. The number of amides is 2. The maximum atomic E-state index is 14.3. The number of piperidine rings is 1. The van der Waals surface area contributed by atoms with Crippen LogP contribution >= 0.6 is 11.3 Å². The summed E-state index contributed by atoms with van der Waals surface area (Å²) >= 11 is 1.41. The Balaban J connectivity index is 1.12. The Morgan fingerprint density at radius 1 is 0.635 bits per heavy atom. The summed E-state index contributed by atoms with van der Waals surface area (Å²) in [4.78, 5) is 42.6. The molecular formula is C42H37N3O6S. The molecule has 9 nitrogen and oxygen atoms in total. The van der Waals surface area contributed by atoms with Crippen LogP contribution < -0.4 is 24.8 Å². The van der Waals surface area contributed by atoms with Crippen LogP contribution in [-0.4, -0.2) is 49.1 Å². The zero-order chi connectivity index (χ0) is 35.7. The molecule has 2 amide bonds. The second-order valence-corrected chi connectivity index (χ2v) is 13.4. The highest BCUT2D eigenvalue weighted by atomic mass is 32.1. The van der Waals surface area contributed by atoms with Crippen molar-refractivity contribution in [2.45, 2.75) is 19.3 Å². The van der Waals surface area contributed by atoms with E-state index in [4.69, 9.17) is 14.2 Å². The number of rotatable bonds is 11. The van der Waals surface area contributed by atoms with E-state index in [0.717, 1.165) is 40.2 Å². The summed E-state index contributed by atoms with van der Waals surface area (Å²) < 4.78 is 17.9. The standard InChI is InChI=1S/C42H37N3O6S/c46-39(29-14-18-33(19-15-29)49-27-26-45-24-8-3-9-25-45)38-36-23-22-35(51-42(48)44-32-12-6-2-7-13-32)28-37(36)52-40(38)30-16-20-34(21-17-30)50-41(47)43-31-10-4-1-5-11-31/h1-2,4-7,10-23,28H,3,8-9,24-27H2,(H,43,47)(H,44,48). The van der Waals surface area contributed by atoms with Crippen LogP contribution in [0.2, 0.25) is 0 Å². The minimum atomic E-state index is -0.622. The average Bonchev–Trinajstić information content (AvgIpc) is 3.55. The van der Waals surface area contributed by atoms with Gasteiger partial charge in [-0.05, 0) is 122 Å². The highest BCUT2D eigenvalue weighted by molar-refractivity contribution is 7.22. The Labute approximate surface area is 305 Å². The first kappa shape index (κ1) is 34.5. The number of carbonyl (C=O) groups is 3. The average molecular weight is 712 g/mol. The number of ketones is 1. The molecule has 0 saturated carbocycles. The van der Waals surface area contributed by atoms with Gasteiger partial charge in [0.25, 0.3) is 0 Å². The number of carbonyl (C=O) groups excluding carboxylic acids is 3. The van der Waals surface area contributed by atoms with Crippen LogP contribution in [0.3, 0.4) is 0 Å². The van der Waals surface area contributed by atoms with Gasteiger partial charge in [-0.2, -0.15) is 0 Å². The first-order valence-electron chi connectivity index (χ1n) is 17.2. The van der Waals surface area contributed by atoms with Crippen LogP contribution in [0.1, 0.15) is 35.2 Å². The number of anilines is 2. The Hall–Kier alpha value is -5.97. The van der Waals surface area contributed by atoms with Crippen molar-refractivity contribution in [1.29, 1.82) is 0 Å². The van der Waals surface area contributed by atoms with E-state index >= 15 is 0 Å². The van der Waals surface area contributed by atoms with Crippen LogP contribution in [0.25, 0.3) is 20.5 Å². The topological polar surface area (TPSA) is 106 Å². The van der Waals surface area contributed by atoms with Crippen molar-refractivity contribution < 1.29 is 28.6 Å². The van der Waals surface area contributed by atoms with E-state index in [2.05, 4.69) is 15.5 Å². The zero-order valence-corrected chi connectivity index (χ0v) is 29.2. The highest BCUT2D eigenvalue weighted by Gasteiger charge is 2.23. The molecule has 1 aliphatic rings. The Morgan fingerprint density at radius 3 is 1.85 bits per heavy atom. The molecule has 1 aromatic heterocycles. The fraction of sp³-hybridized carbons (Fsp3) is 0.167. The van der Waals surface area contributed by atoms with Crippen LogP contribution in [0, 0.1) is 0 Å². The number of likely N-dealkylation sites (tertiary alicyclic amines) is 1. The number of thiophene rings is 1. The van der Waals surface area contributed by atoms with E-state index in [1.807, 2.05) is 60.7 Å². The third-order valence-corrected chi connectivity index (χ3v) is 9.91. The van der Waals surface area contributed by atoms with Gasteiger partial charge < -0.3 is 14.2 Å². The smallest absolute Gasteiger partial charge is 0.417 e. The van der Waals surface area contributed by atoms with E-state index in [9.17, 15) is 14.4 Å². The maximum Gasteiger partial charge on any atom is 0.417 e. The van der Waals surface area contributed by atoms with Gasteiger partial charge >= 0.3 is 12.2 Å². The van der Waals surface area contributed by atoms with Crippen molar-refractivity contribution >= 4 is 50.8 Å². The van der Waals surface area contributed by atoms with Crippen LogP contribution in [0.4, 0.5) is 21.0 Å². The minimum Gasteiger partial charge on any atom is -0.492 e. The van der Waals surface area contributed by atoms with Gasteiger partial charge in [-0.15, -0.1) is 11.3 Å². The number of ether oxygens (including phenoxy) is 3. The van der Waals surface area contributed by atoms with Crippen molar-refractivity contribution in [2.75, 3.05) is 36.9 Å². The maximum absolute atomic E-state index is 14.3. The second kappa shape index (κ2) is 16.4. The second-order valence-electron chi connectivity index (χ2n) is 12.4. The van der Waals surface area contributed by atoms with Crippen LogP contribution in [0.15, 0.2) is 127 Å². The van der Waals surface area contributed by atoms with Crippen molar-refractivity contribution in [1.82, 2.24) is 4.90 Å². The van der Waals surface area contributed by atoms with E-state index < -0.39 is 12.2 Å². The van der Waals surface area contributed by atoms with E-state index in [1.54, 1.807) is 66.7 Å². The third kappa shape index (κ3) is 8.66. The van der Waals surface area contributed by atoms with Crippen LogP contribution in [-0.2, 0) is 0 Å². The molecule has 0 unspecified atom stereocenters. The Morgan fingerprint density at radius 2 is 1.21 bits per heavy atom. The van der Waals surface area contributed by atoms with E-state index in [1.165, 1.54) is 30.6 Å². The molecule has 2 heterocycles. The first-order chi connectivity index (χ1) is 25.5. The molecule has 7 rings (SSSR count). The summed E-state index contributed by atoms with van der Waals surface area (Å²) in [6.07, 6.45) is 2.53. The molecule has 0 atom stereocenters. The summed E-state index contributed by atoms with van der Waals surface area (Å²) in [5.74, 6) is 1.25. The summed E-state index contributed by atoms with van der Waals surface area (Å²) in [5.41, 5.74) is 3.04. The largest absolute Gasteiger partial charge is 0.492 e. The molecule has 10 heteroatoms. The number of para-hydroxylation sites is 2. The summed E-state index contributed by atoms with van der Waals surface area (Å²) in [7, 11) is 0. The van der Waals surface area contributed by atoms with Gasteiger partial charge in [0.2, 0.25) is 0 Å². The van der Waals surface area contributed by atoms with E-state index in [0.29, 0.717) is 46.4 Å². The lowest BCUT2D eigenvalue weighted by atomic mass is 9.97. The van der Waals surface area contributed by atoms with Gasteiger partial charge in [-0.25, -0.2) is 9.59 Å². The number of nitrogens with zero attached hydrogens (tertiary/aromatic N) is 1. The molecule has 0 bridgehead atoms. The highest BCUT2D eigenvalue weighted by Crippen LogP contribution is 2.42. The lowest BCUT2D eigenvalue weighted by Crippen LogP contribution is -2.33. The number of nitrogens with one attached hydrogen (secondary N) is 2. The van der Waals surface area contributed by atoms with Crippen LogP contribution in [0.5, 0.6) is 17.2 Å². The van der Waals surface area contributed by atoms with Crippen molar-refractivity contribution in [3.05, 3.63) is 139 Å². The molecule has 1 saturated heterocycles. The molecule has 262 valence electrons.